The second-order valence-electron chi connectivity index (χ2n) is 8.06. The molecule has 0 aromatic carbocycles. The van der Waals surface area contributed by atoms with Crippen molar-refractivity contribution in [1.29, 1.82) is 0 Å². The minimum Gasteiger partial charge on any atom is -0.412 e. The van der Waals surface area contributed by atoms with Crippen molar-refractivity contribution >= 4 is 8.32 Å². The highest BCUT2D eigenvalue weighted by atomic mass is 28.4. The summed E-state index contributed by atoms with van der Waals surface area (Å²) in [6, 6.07) is 0. The van der Waals surface area contributed by atoms with Crippen LogP contribution < -0.4 is 0 Å². The molecule has 0 bridgehead atoms. The van der Waals surface area contributed by atoms with Gasteiger partial charge in [-0.1, -0.05) is 61.5 Å². The molecule has 0 N–H and O–H groups in total. The molecule has 2 heteroatoms. The van der Waals surface area contributed by atoms with Crippen molar-refractivity contribution in [3.8, 4) is 0 Å². The highest BCUT2D eigenvalue weighted by molar-refractivity contribution is 6.81. The van der Waals surface area contributed by atoms with E-state index in [0.717, 1.165) is 6.42 Å². The molecule has 0 radical (unpaired) electrons. The third-order valence-corrected chi connectivity index (χ3v) is 11.9. The van der Waals surface area contributed by atoms with Crippen molar-refractivity contribution in [1.82, 2.24) is 0 Å². The van der Waals surface area contributed by atoms with Crippen molar-refractivity contribution in [3.05, 3.63) is 12.7 Å². The Morgan fingerprint density at radius 3 is 1.78 bits per heavy atom. The average Bonchev–Trinajstić information content (AvgIpc) is 2.42. The van der Waals surface area contributed by atoms with E-state index in [9.17, 15) is 0 Å². The predicted molar refractivity (Wildman–Crippen MR) is 83.5 cm³/mol. The highest BCUT2D eigenvalue weighted by Crippen LogP contribution is 2.63. The summed E-state index contributed by atoms with van der Waals surface area (Å²) in [5.74, 6) is 0.646. The molecule has 0 spiro atoms. The molecule has 1 aliphatic rings. The van der Waals surface area contributed by atoms with Gasteiger partial charge in [-0.25, -0.2) is 0 Å². The largest absolute Gasteiger partial charge is 0.412 e. The van der Waals surface area contributed by atoms with Crippen LogP contribution in [0.4, 0.5) is 0 Å². The molecule has 0 aromatic heterocycles. The molecule has 1 saturated heterocycles. The fourth-order valence-corrected chi connectivity index (χ4v) is 12.1. The predicted octanol–water partition coefficient (Wildman–Crippen LogP) is 5.53. The summed E-state index contributed by atoms with van der Waals surface area (Å²) >= 11 is 0. The van der Waals surface area contributed by atoms with Crippen molar-refractivity contribution in [2.75, 3.05) is 0 Å². The first-order chi connectivity index (χ1) is 7.99. The summed E-state index contributed by atoms with van der Waals surface area (Å²) in [6.45, 7) is 23.0. The molecule has 1 aliphatic heterocycles. The monoisotopic (exact) mass is 268 g/mol. The Bertz CT molecular complexity index is 294. The molecule has 1 heterocycles. The maximum Gasteiger partial charge on any atom is 0.206 e. The zero-order valence-corrected chi connectivity index (χ0v) is 14.6. The minimum atomic E-state index is -1.85. The maximum absolute atomic E-state index is 6.81. The first-order valence-corrected chi connectivity index (χ1v) is 9.26. The zero-order valence-electron chi connectivity index (χ0n) is 13.6. The van der Waals surface area contributed by atoms with E-state index < -0.39 is 8.32 Å². The van der Waals surface area contributed by atoms with E-state index in [4.69, 9.17) is 4.43 Å². The third-order valence-electron chi connectivity index (χ3n) is 4.98. The van der Waals surface area contributed by atoms with Gasteiger partial charge in [-0.15, -0.1) is 6.58 Å². The first-order valence-electron chi connectivity index (χ1n) is 7.27. The second-order valence-corrected chi connectivity index (χ2v) is 13.7. The van der Waals surface area contributed by atoms with Gasteiger partial charge in [0.15, 0.2) is 0 Å². The lowest BCUT2D eigenvalue weighted by atomic mass is 9.99. The number of hydrogen-bond donors (Lipinski definition) is 0. The molecular formula is C16H32OSi. The molecule has 1 rings (SSSR count). The third kappa shape index (κ3) is 2.22. The van der Waals surface area contributed by atoms with Crippen LogP contribution in [0.5, 0.6) is 0 Å². The SMILES string of the molecule is C=CC[C@@H]1O[Si](C(C)(C)C)(C(C)(C)C)[C@@H](C)[C@@H]1C. The standard InChI is InChI=1S/C16H32OSi/c1-10-11-14-12(2)13(3)18(17-14,15(4,5)6)16(7,8)9/h10,12-14H,1,11H2,2-9H3/t12-,13-,14-/m0/s1. The van der Waals surface area contributed by atoms with Gasteiger partial charge in [0.25, 0.3) is 0 Å². The van der Waals surface area contributed by atoms with Crippen LogP contribution in [0, 0.1) is 5.92 Å². The molecule has 0 saturated carbocycles. The molecule has 1 nitrogen and oxygen atoms in total. The molecular weight excluding hydrogens is 236 g/mol. The fourth-order valence-electron chi connectivity index (χ4n) is 4.42. The molecule has 0 aliphatic carbocycles. The summed E-state index contributed by atoms with van der Waals surface area (Å²) in [7, 11) is -1.85. The summed E-state index contributed by atoms with van der Waals surface area (Å²) in [4.78, 5) is 0. The van der Waals surface area contributed by atoms with Crippen LogP contribution in [0.3, 0.4) is 0 Å². The number of hydrogen-bond acceptors (Lipinski definition) is 1. The van der Waals surface area contributed by atoms with Crippen LogP contribution in [0.2, 0.25) is 15.6 Å². The zero-order chi connectivity index (χ0) is 14.4. The topological polar surface area (TPSA) is 9.23 Å². The Balaban J connectivity index is 3.26. The van der Waals surface area contributed by atoms with Crippen LogP contribution in [0.15, 0.2) is 12.7 Å². The molecule has 106 valence electrons. The van der Waals surface area contributed by atoms with Gasteiger partial charge in [0.2, 0.25) is 8.32 Å². The molecule has 18 heavy (non-hydrogen) atoms. The summed E-state index contributed by atoms with van der Waals surface area (Å²) in [6.07, 6.45) is 3.39. The quantitative estimate of drug-likeness (QED) is 0.472. The van der Waals surface area contributed by atoms with Crippen LogP contribution in [0.1, 0.15) is 61.8 Å². The average molecular weight is 269 g/mol. The fraction of sp³-hybridized carbons (Fsp3) is 0.875. The lowest BCUT2D eigenvalue weighted by molar-refractivity contribution is 0.168. The van der Waals surface area contributed by atoms with E-state index in [1.54, 1.807) is 0 Å². The van der Waals surface area contributed by atoms with E-state index in [2.05, 4.69) is 62.0 Å². The molecule has 1 fully saturated rings. The van der Waals surface area contributed by atoms with Gasteiger partial charge in [-0.3, -0.25) is 0 Å². The summed E-state index contributed by atoms with van der Waals surface area (Å²) in [5.41, 5.74) is 0.697. The maximum atomic E-state index is 6.81. The minimum absolute atomic E-state index is 0.273. The van der Waals surface area contributed by atoms with Gasteiger partial charge in [0.05, 0.1) is 6.10 Å². The molecule has 0 unspecified atom stereocenters. The summed E-state index contributed by atoms with van der Waals surface area (Å²) < 4.78 is 6.81. The van der Waals surface area contributed by atoms with E-state index >= 15 is 0 Å². The Morgan fingerprint density at radius 2 is 1.50 bits per heavy atom. The Labute approximate surface area is 115 Å². The summed E-state index contributed by atoms with van der Waals surface area (Å²) in [5, 5.41) is 0.545. The van der Waals surface area contributed by atoms with Gasteiger partial charge in [0, 0.05) is 0 Å². The van der Waals surface area contributed by atoms with Crippen LogP contribution in [-0.4, -0.2) is 14.4 Å². The van der Waals surface area contributed by atoms with Crippen LogP contribution in [0.25, 0.3) is 0 Å². The van der Waals surface area contributed by atoms with Gasteiger partial charge in [0.1, 0.15) is 0 Å². The normalized spacial score (nSPS) is 32.6. The molecule has 0 amide bonds. The Hall–Kier alpha value is -0.0831. The second kappa shape index (κ2) is 4.79. The van der Waals surface area contributed by atoms with E-state index in [-0.39, 0.29) is 10.1 Å². The molecule has 3 atom stereocenters. The Morgan fingerprint density at radius 1 is 1.06 bits per heavy atom. The highest BCUT2D eigenvalue weighted by Gasteiger charge is 2.64. The van der Waals surface area contributed by atoms with Crippen LogP contribution in [-0.2, 0) is 4.43 Å². The van der Waals surface area contributed by atoms with E-state index in [0.29, 0.717) is 17.6 Å². The Kier molecular flexibility index (Phi) is 4.25. The van der Waals surface area contributed by atoms with Gasteiger partial charge < -0.3 is 4.43 Å². The van der Waals surface area contributed by atoms with Crippen molar-refractivity contribution in [2.24, 2.45) is 5.92 Å². The lowest BCUT2D eigenvalue weighted by Crippen LogP contribution is -2.54. The smallest absolute Gasteiger partial charge is 0.206 e. The van der Waals surface area contributed by atoms with Crippen molar-refractivity contribution in [2.45, 2.75) is 83.5 Å². The van der Waals surface area contributed by atoms with Gasteiger partial charge >= 0.3 is 0 Å². The van der Waals surface area contributed by atoms with E-state index in [1.807, 2.05) is 6.08 Å². The van der Waals surface area contributed by atoms with Crippen molar-refractivity contribution < 1.29 is 4.43 Å². The van der Waals surface area contributed by atoms with Gasteiger partial charge in [-0.2, -0.15) is 0 Å². The van der Waals surface area contributed by atoms with Crippen molar-refractivity contribution in [3.63, 3.8) is 0 Å². The molecule has 0 aromatic rings. The number of rotatable bonds is 2. The van der Waals surface area contributed by atoms with E-state index in [1.165, 1.54) is 0 Å². The van der Waals surface area contributed by atoms with Crippen LogP contribution >= 0.6 is 0 Å². The van der Waals surface area contributed by atoms with Gasteiger partial charge in [-0.05, 0) is 28.0 Å². The lowest BCUT2D eigenvalue weighted by Gasteiger charge is -2.51. The first kappa shape index (κ1) is 16.0.